The first-order valence-corrected chi connectivity index (χ1v) is 9.01. The second-order valence-electron chi connectivity index (χ2n) is 7.12. The lowest BCUT2D eigenvalue weighted by Crippen LogP contribution is -2.51. The maximum Gasteiger partial charge on any atom is 0.239 e. The second kappa shape index (κ2) is 6.99. The first-order valence-electron chi connectivity index (χ1n) is 9.01. The van der Waals surface area contributed by atoms with Crippen molar-refractivity contribution in [3.8, 4) is 0 Å². The topological polar surface area (TPSA) is 61.4 Å². The highest BCUT2D eigenvalue weighted by atomic mass is 16.2. The van der Waals surface area contributed by atoms with Crippen molar-refractivity contribution in [2.75, 3.05) is 19.6 Å². The van der Waals surface area contributed by atoms with Crippen LogP contribution in [0.3, 0.4) is 0 Å². The van der Waals surface area contributed by atoms with Gasteiger partial charge in [-0.15, -0.1) is 0 Å². The number of amides is 2. The molecule has 2 amide bonds. The minimum absolute atomic E-state index is 0.0129. The highest BCUT2D eigenvalue weighted by Gasteiger charge is 2.40. The van der Waals surface area contributed by atoms with Crippen LogP contribution in [-0.2, 0) is 9.59 Å². The molecule has 0 unspecified atom stereocenters. The van der Waals surface area contributed by atoms with Crippen LogP contribution in [-0.4, -0.2) is 48.4 Å². The molecule has 0 bridgehead atoms. The fourth-order valence-corrected chi connectivity index (χ4v) is 4.44. The standard InChI is InChI=1S/C17H29N3O2/c1-2-18-16(21)13-7-5-9-20(11-13)17(22)15-10-12-6-3-4-8-14(12)19-15/h12-15,19H,2-11H2,1H3,(H,18,21)/t12-,13-,14-,15+/m1/s1. The van der Waals surface area contributed by atoms with E-state index in [-0.39, 0.29) is 23.8 Å². The Morgan fingerprint density at radius 2 is 2.00 bits per heavy atom. The summed E-state index contributed by atoms with van der Waals surface area (Å²) in [5, 5.41) is 6.46. The van der Waals surface area contributed by atoms with Crippen LogP contribution in [0.2, 0.25) is 0 Å². The van der Waals surface area contributed by atoms with Gasteiger partial charge in [0.25, 0.3) is 0 Å². The van der Waals surface area contributed by atoms with Gasteiger partial charge >= 0.3 is 0 Å². The molecule has 0 radical (unpaired) electrons. The molecule has 2 saturated heterocycles. The Balaban J connectivity index is 1.56. The Labute approximate surface area is 133 Å². The molecule has 4 atom stereocenters. The minimum Gasteiger partial charge on any atom is -0.356 e. The van der Waals surface area contributed by atoms with Gasteiger partial charge in [0.05, 0.1) is 12.0 Å². The zero-order valence-corrected chi connectivity index (χ0v) is 13.6. The molecule has 2 aliphatic heterocycles. The molecule has 2 N–H and O–H groups in total. The maximum absolute atomic E-state index is 12.8. The van der Waals surface area contributed by atoms with Gasteiger partial charge in [0.1, 0.15) is 0 Å². The normalized spacial score (nSPS) is 35.0. The molecule has 124 valence electrons. The summed E-state index contributed by atoms with van der Waals surface area (Å²) in [6.45, 7) is 4.01. The lowest BCUT2D eigenvalue weighted by molar-refractivity contribution is -0.137. The van der Waals surface area contributed by atoms with E-state index in [1.165, 1.54) is 25.7 Å². The zero-order valence-electron chi connectivity index (χ0n) is 13.6. The van der Waals surface area contributed by atoms with Crippen LogP contribution in [0.4, 0.5) is 0 Å². The third-order valence-corrected chi connectivity index (χ3v) is 5.62. The molecule has 3 rings (SSSR count). The first-order chi connectivity index (χ1) is 10.7. The summed E-state index contributed by atoms with van der Waals surface area (Å²) in [7, 11) is 0. The predicted octanol–water partition coefficient (Wildman–Crippen LogP) is 1.28. The lowest BCUT2D eigenvalue weighted by atomic mass is 9.85. The van der Waals surface area contributed by atoms with Gasteiger partial charge in [-0.1, -0.05) is 12.8 Å². The average Bonchev–Trinajstić information content (AvgIpc) is 2.98. The van der Waals surface area contributed by atoms with Crippen LogP contribution in [0.1, 0.15) is 51.9 Å². The Morgan fingerprint density at radius 3 is 2.77 bits per heavy atom. The molecule has 0 aromatic rings. The Kier molecular flexibility index (Phi) is 5.01. The van der Waals surface area contributed by atoms with E-state index in [2.05, 4.69) is 10.6 Å². The number of carbonyl (C=O) groups is 2. The van der Waals surface area contributed by atoms with Crippen molar-refractivity contribution in [3.63, 3.8) is 0 Å². The number of fused-ring (bicyclic) bond motifs is 1. The fourth-order valence-electron chi connectivity index (χ4n) is 4.44. The summed E-state index contributed by atoms with van der Waals surface area (Å²) in [5.74, 6) is 0.990. The summed E-state index contributed by atoms with van der Waals surface area (Å²) in [6.07, 6.45) is 7.92. The number of piperidine rings is 1. The fraction of sp³-hybridized carbons (Fsp3) is 0.882. The molecule has 0 aromatic carbocycles. The van der Waals surface area contributed by atoms with Crippen molar-refractivity contribution in [3.05, 3.63) is 0 Å². The molecule has 5 heteroatoms. The van der Waals surface area contributed by atoms with E-state index in [1.54, 1.807) is 0 Å². The molecule has 2 heterocycles. The van der Waals surface area contributed by atoms with Gasteiger partial charge in [-0.25, -0.2) is 0 Å². The molecule has 1 aliphatic carbocycles. The van der Waals surface area contributed by atoms with Crippen molar-refractivity contribution in [2.24, 2.45) is 11.8 Å². The quantitative estimate of drug-likeness (QED) is 0.826. The number of carbonyl (C=O) groups excluding carboxylic acids is 2. The summed E-state index contributed by atoms with van der Waals surface area (Å²) < 4.78 is 0. The summed E-state index contributed by atoms with van der Waals surface area (Å²) >= 11 is 0. The molecular weight excluding hydrogens is 278 g/mol. The highest BCUT2D eigenvalue weighted by Crippen LogP contribution is 2.34. The molecule has 3 fully saturated rings. The first kappa shape index (κ1) is 15.8. The van der Waals surface area contributed by atoms with Crippen LogP contribution >= 0.6 is 0 Å². The van der Waals surface area contributed by atoms with Gasteiger partial charge in [0.15, 0.2) is 0 Å². The molecule has 5 nitrogen and oxygen atoms in total. The Morgan fingerprint density at radius 1 is 1.18 bits per heavy atom. The number of likely N-dealkylation sites (tertiary alicyclic amines) is 1. The van der Waals surface area contributed by atoms with E-state index >= 15 is 0 Å². The molecule has 0 spiro atoms. The summed E-state index contributed by atoms with van der Waals surface area (Å²) in [6, 6.07) is 0.535. The van der Waals surface area contributed by atoms with Crippen molar-refractivity contribution in [1.82, 2.24) is 15.5 Å². The van der Waals surface area contributed by atoms with Crippen molar-refractivity contribution >= 4 is 11.8 Å². The summed E-state index contributed by atoms with van der Waals surface area (Å²) in [5.41, 5.74) is 0. The van der Waals surface area contributed by atoms with E-state index in [4.69, 9.17) is 0 Å². The van der Waals surface area contributed by atoms with E-state index in [1.807, 2.05) is 11.8 Å². The van der Waals surface area contributed by atoms with Crippen LogP contribution in [0.5, 0.6) is 0 Å². The van der Waals surface area contributed by atoms with Crippen molar-refractivity contribution in [2.45, 2.75) is 64.0 Å². The third kappa shape index (κ3) is 3.29. The van der Waals surface area contributed by atoms with Crippen LogP contribution in [0.25, 0.3) is 0 Å². The largest absolute Gasteiger partial charge is 0.356 e. The lowest BCUT2D eigenvalue weighted by Gasteiger charge is -2.33. The van der Waals surface area contributed by atoms with Gasteiger partial charge in [0.2, 0.25) is 11.8 Å². The van der Waals surface area contributed by atoms with E-state index < -0.39 is 0 Å². The molecule has 3 aliphatic rings. The van der Waals surface area contributed by atoms with Gasteiger partial charge in [-0.05, 0) is 44.9 Å². The van der Waals surface area contributed by atoms with Gasteiger partial charge in [-0.2, -0.15) is 0 Å². The average molecular weight is 307 g/mol. The van der Waals surface area contributed by atoms with Gasteiger partial charge in [0, 0.05) is 25.7 Å². The van der Waals surface area contributed by atoms with E-state index in [0.29, 0.717) is 25.0 Å². The number of hydrogen-bond acceptors (Lipinski definition) is 3. The second-order valence-corrected chi connectivity index (χ2v) is 7.12. The Bertz CT molecular complexity index is 412. The van der Waals surface area contributed by atoms with E-state index in [9.17, 15) is 9.59 Å². The van der Waals surface area contributed by atoms with Crippen LogP contribution in [0.15, 0.2) is 0 Å². The number of nitrogens with zero attached hydrogens (tertiary/aromatic N) is 1. The van der Waals surface area contributed by atoms with Crippen LogP contribution in [0, 0.1) is 11.8 Å². The zero-order chi connectivity index (χ0) is 15.5. The highest BCUT2D eigenvalue weighted by molar-refractivity contribution is 5.84. The Hall–Kier alpha value is -1.10. The smallest absolute Gasteiger partial charge is 0.239 e. The monoisotopic (exact) mass is 307 g/mol. The number of hydrogen-bond donors (Lipinski definition) is 2. The third-order valence-electron chi connectivity index (χ3n) is 5.62. The minimum atomic E-state index is -0.0265. The molecule has 22 heavy (non-hydrogen) atoms. The van der Waals surface area contributed by atoms with Gasteiger partial charge < -0.3 is 15.5 Å². The van der Waals surface area contributed by atoms with Crippen molar-refractivity contribution < 1.29 is 9.59 Å². The molecule has 1 saturated carbocycles. The summed E-state index contributed by atoms with van der Waals surface area (Å²) in [4.78, 5) is 26.8. The molecule has 0 aromatic heterocycles. The van der Waals surface area contributed by atoms with E-state index in [0.717, 1.165) is 25.8 Å². The molecular formula is C17H29N3O2. The number of rotatable bonds is 3. The predicted molar refractivity (Wildman–Crippen MR) is 85.3 cm³/mol. The number of nitrogens with one attached hydrogen (secondary N) is 2. The SMILES string of the molecule is CCNC(=O)[C@@H]1CCCN(C(=O)[C@@H]2C[C@H]3CCCC[C@H]3N2)C1. The maximum atomic E-state index is 12.8. The van der Waals surface area contributed by atoms with Gasteiger partial charge in [-0.3, -0.25) is 9.59 Å². The van der Waals surface area contributed by atoms with Crippen LogP contribution < -0.4 is 10.6 Å². The van der Waals surface area contributed by atoms with Crippen molar-refractivity contribution in [1.29, 1.82) is 0 Å².